The highest BCUT2D eigenvalue weighted by Crippen LogP contribution is 2.30. The van der Waals surface area contributed by atoms with Crippen LogP contribution in [0.15, 0.2) is 71.6 Å². The largest absolute Gasteiger partial charge is 0.497 e. The van der Waals surface area contributed by atoms with E-state index in [9.17, 15) is 8.42 Å². The van der Waals surface area contributed by atoms with Crippen molar-refractivity contribution in [3.8, 4) is 11.5 Å². The average molecular weight is 412 g/mol. The van der Waals surface area contributed by atoms with Gasteiger partial charge < -0.3 is 9.47 Å². The molecule has 0 radical (unpaired) electrons. The van der Waals surface area contributed by atoms with Crippen molar-refractivity contribution >= 4 is 15.7 Å². The molecule has 6 heteroatoms. The van der Waals surface area contributed by atoms with Crippen LogP contribution in [0.1, 0.15) is 16.7 Å². The third-order valence-corrected chi connectivity index (χ3v) is 6.62. The number of hydrogen-bond acceptors (Lipinski definition) is 4. The summed E-state index contributed by atoms with van der Waals surface area (Å²) < 4.78 is 39.4. The highest BCUT2D eigenvalue weighted by molar-refractivity contribution is 7.92. The topological polar surface area (TPSA) is 55.8 Å². The zero-order valence-corrected chi connectivity index (χ0v) is 17.9. The van der Waals surface area contributed by atoms with Gasteiger partial charge in [-0.25, -0.2) is 8.42 Å². The molecule has 0 aliphatic carbocycles. The molecule has 5 nitrogen and oxygen atoms in total. The lowest BCUT2D eigenvalue weighted by Crippen LogP contribution is -2.31. The Bertz CT molecular complexity index is 1090. The molecule has 0 bridgehead atoms. The Hall–Kier alpha value is -2.99. The molecule has 0 amide bonds. The van der Waals surface area contributed by atoms with Crippen LogP contribution in [-0.4, -0.2) is 22.6 Å². The van der Waals surface area contributed by atoms with Crippen LogP contribution in [-0.2, 0) is 16.6 Å². The standard InChI is InChI=1S/C23H25NO4S/c1-17-8-7-10-20(12-17)24(29(25,26)23-11-6-5-9-18(23)2)16-19-13-21(27-3)15-22(14-19)28-4/h5-15H,16H2,1-4H3. The normalized spacial score (nSPS) is 11.2. The molecule has 3 aromatic rings. The van der Waals surface area contributed by atoms with E-state index in [0.717, 1.165) is 11.1 Å². The van der Waals surface area contributed by atoms with Crippen LogP contribution in [0.5, 0.6) is 11.5 Å². The van der Waals surface area contributed by atoms with E-state index in [1.54, 1.807) is 51.5 Å². The first kappa shape index (κ1) is 20.7. The monoisotopic (exact) mass is 411 g/mol. The van der Waals surface area contributed by atoms with Gasteiger partial charge in [-0.15, -0.1) is 0 Å². The van der Waals surface area contributed by atoms with Crippen LogP contribution < -0.4 is 13.8 Å². The number of hydrogen-bond donors (Lipinski definition) is 0. The second-order valence-electron chi connectivity index (χ2n) is 6.84. The van der Waals surface area contributed by atoms with Crippen molar-refractivity contribution in [1.82, 2.24) is 0 Å². The molecule has 0 heterocycles. The SMILES string of the molecule is COc1cc(CN(c2cccc(C)c2)S(=O)(=O)c2ccccc2C)cc(OC)c1. The van der Waals surface area contributed by atoms with Gasteiger partial charge in [0.2, 0.25) is 0 Å². The zero-order chi connectivity index (χ0) is 21.0. The fraction of sp³-hybridized carbons (Fsp3) is 0.217. The lowest BCUT2D eigenvalue weighted by atomic mass is 10.1. The van der Waals surface area contributed by atoms with Crippen LogP contribution in [0.3, 0.4) is 0 Å². The lowest BCUT2D eigenvalue weighted by molar-refractivity contribution is 0.393. The third kappa shape index (κ3) is 4.54. The molecule has 0 aliphatic rings. The van der Waals surface area contributed by atoms with Crippen LogP contribution >= 0.6 is 0 Å². The van der Waals surface area contributed by atoms with Crippen molar-refractivity contribution in [2.75, 3.05) is 18.5 Å². The van der Waals surface area contributed by atoms with Crippen molar-refractivity contribution in [1.29, 1.82) is 0 Å². The molecule has 3 aromatic carbocycles. The van der Waals surface area contributed by atoms with Crippen molar-refractivity contribution in [3.05, 3.63) is 83.4 Å². The summed E-state index contributed by atoms with van der Waals surface area (Å²) in [7, 11) is -0.646. The summed E-state index contributed by atoms with van der Waals surface area (Å²) in [6.07, 6.45) is 0. The highest BCUT2D eigenvalue weighted by atomic mass is 32.2. The van der Waals surface area contributed by atoms with Gasteiger partial charge in [0.25, 0.3) is 10.0 Å². The van der Waals surface area contributed by atoms with Gasteiger partial charge in [0.05, 0.1) is 31.3 Å². The summed E-state index contributed by atoms with van der Waals surface area (Å²) in [6, 6.07) is 19.9. The molecule has 0 saturated carbocycles. The number of rotatable bonds is 7. The number of anilines is 1. The van der Waals surface area contributed by atoms with Gasteiger partial charge in [-0.2, -0.15) is 0 Å². The molecule has 0 saturated heterocycles. The van der Waals surface area contributed by atoms with Gasteiger partial charge in [-0.3, -0.25) is 4.31 Å². The predicted molar refractivity (Wildman–Crippen MR) is 115 cm³/mol. The highest BCUT2D eigenvalue weighted by Gasteiger charge is 2.27. The number of ether oxygens (including phenoxy) is 2. The van der Waals surface area contributed by atoms with Crippen LogP contribution in [0.2, 0.25) is 0 Å². The van der Waals surface area contributed by atoms with E-state index in [4.69, 9.17) is 9.47 Å². The maximum absolute atomic E-state index is 13.6. The van der Waals surface area contributed by atoms with Crippen LogP contribution in [0, 0.1) is 13.8 Å². The van der Waals surface area contributed by atoms with E-state index in [0.29, 0.717) is 22.7 Å². The second kappa shape index (κ2) is 8.57. The minimum Gasteiger partial charge on any atom is -0.497 e. The third-order valence-electron chi connectivity index (χ3n) is 4.69. The molecule has 0 spiro atoms. The van der Waals surface area contributed by atoms with Crippen molar-refractivity contribution in [3.63, 3.8) is 0 Å². The molecular formula is C23H25NO4S. The Morgan fingerprint density at radius 1 is 0.828 bits per heavy atom. The number of sulfonamides is 1. The Kier molecular flexibility index (Phi) is 6.13. The van der Waals surface area contributed by atoms with Crippen LogP contribution in [0.25, 0.3) is 0 Å². The van der Waals surface area contributed by atoms with Gasteiger partial charge in [0, 0.05) is 6.07 Å². The smallest absolute Gasteiger partial charge is 0.264 e. The molecule has 3 rings (SSSR count). The summed E-state index contributed by atoms with van der Waals surface area (Å²) in [6.45, 7) is 3.89. The van der Waals surface area contributed by atoms with E-state index in [2.05, 4.69) is 0 Å². The Labute approximate surface area is 172 Å². The Morgan fingerprint density at radius 3 is 2.07 bits per heavy atom. The second-order valence-corrected chi connectivity index (χ2v) is 8.67. The zero-order valence-electron chi connectivity index (χ0n) is 17.0. The van der Waals surface area contributed by atoms with Crippen molar-refractivity contribution in [2.24, 2.45) is 0 Å². The van der Waals surface area contributed by atoms with E-state index >= 15 is 0 Å². The molecule has 0 N–H and O–H groups in total. The van der Waals surface area contributed by atoms with Gasteiger partial charge in [0.1, 0.15) is 11.5 Å². The van der Waals surface area contributed by atoms with Gasteiger partial charge >= 0.3 is 0 Å². The summed E-state index contributed by atoms with van der Waals surface area (Å²) in [4.78, 5) is 0.288. The molecule has 0 fully saturated rings. The molecule has 29 heavy (non-hydrogen) atoms. The first-order chi connectivity index (χ1) is 13.8. The fourth-order valence-corrected chi connectivity index (χ4v) is 4.86. The number of methoxy groups -OCH3 is 2. The van der Waals surface area contributed by atoms with Crippen molar-refractivity contribution < 1.29 is 17.9 Å². The number of nitrogens with zero attached hydrogens (tertiary/aromatic N) is 1. The first-order valence-corrected chi connectivity index (χ1v) is 10.7. The molecular weight excluding hydrogens is 386 g/mol. The molecule has 152 valence electrons. The van der Waals surface area contributed by atoms with E-state index < -0.39 is 10.0 Å². The van der Waals surface area contributed by atoms with Crippen LogP contribution in [0.4, 0.5) is 5.69 Å². The summed E-state index contributed by atoms with van der Waals surface area (Å²) in [5, 5.41) is 0. The van der Waals surface area contributed by atoms with E-state index in [-0.39, 0.29) is 11.4 Å². The van der Waals surface area contributed by atoms with Gasteiger partial charge in [-0.05, 0) is 60.9 Å². The molecule has 0 aliphatic heterocycles. The number of aryl methyl sites for hydroxylation is 2. The summed E-state index contributed by atoms with van der Waals surface area (Å²) in [5.74, 6) is 1.22. The molecule has 0 unspecified atom stereocenters. The quantitative estimate of drug-likeness (QED) is 0.565. The maximum atomic E-state index is 13.6. The van der Waals surface area contributed by atoms with E-state index in [1.807, 2.05) is 43.3 Å². The molecule has 0 atom stereocenters. The lowest BCUT2D eigenvalue weighted by Gasteiger charge is -2.26. The fourth-order valence-electron chi connectivity index (χ4n) is 3.19. The first-order valence-electron chi connectivity index (χ1n) is 9.22. The van der Waals surface area contributed by atoms with Gasteiger partial charge in [-0.1, -0.05) is 30.3 Å². The van der Waals surface area contributed by atoms with Gasteiger partial charge in [0.15, 0.2) is 0 Å². The maximum Gasteiger partial charge on any atom is 0.264 e. The van der Waals surface area contributed by atoms with Crippen molar-refractivity contribution in [2.45, 2.75) is 25.3 Å². The minimum atomic E-state index is -3.79. The predicted octanol–water partition coefficient (Wildman–Crippen LogP) is 4.72. The number of benzene rings is 3. The minimum absolute atomic E-state index is 0.147. The summed E-state index contributed by atoms with van der Waals surface area (Å²) >= 11 is 0. The van der Waals surface area contributed by atoms with E-state index in [1.165, 1.54) is 4.31 Å². The Balaban J connectivity index is 2.14. The summed E-state index contributed by atoms with van der Waals surface area (Å²) in [5.41, 5.74) is 3.05. The average Bonchev–Trinajstić information content (AvgIpc) is 2.71. The molecule has 0 aromatic heterocycles. The Morgan fingerprint density at radius 2 is 1.48 bits per heavy atom.